The average Bonchev–Trinajstić information content (AvgIpc) is 2.76. The highest BCUT2D eigenvalue weighted by atomic mass is 19.4. The van der Waals surface area contributed by atoms with Crippen LogP contribution in [0.1, 0.15) is 28.7 Å². The van der Waals surface area contributed by atoms with Crippen LogP contribution in [0.25, 0.3) is 0 Å². The summed E-state index contributed by atoms with van der Waals surface area (Å²) in [7, 11) is 0. The summed E-state index contributed by atoms with van der Waals surface area (Å²) >= 11 is 0. The number of aryl methyl sites for hydroxylation is 1. The molecule has 0 aromatic heterocycles. The Bertz CT molecular complexity index is 693. The smallest absolute Gasteiger partial charge is 0.318 e. The molecule has 0 aliphatic heterocycles. The SMILES string of the molecule is NC1(c2ccccc2C(F)(F)F)CCc2cc(F)ccc21. The van der Waals surface area contributed by atoms with E-state index in [0.717, 1.165) is 6.07 Å². The van der Waals surface area contributed by atoms with Crippen molar-refractivity contribution in [2.45, 2.75) is 24.6 Å². The molecule has 1 unspecified atom stereocenters. The first kappa shape index (κ1) is 14.1. The molecule has 0 amide bonds. The number of benzene rings is 2. The molecule has 0 heterocycles. The summed E-state index contributed by atoms with van der Waals surface area (Å²) in [4.78, 5) is 0. The molecule has 3 rings (SSSR count). The van der Waals surface area contributed by atoms with Crippen LogP contribution in [-0.4, -0.2) is 0 Å². The van der Waals surface area contributed by atoms with Crippen molar-refractivity contribution in [3.8, 4) is 0 Å². The summed E-state index contributed by atoms with van der Waals surface area (Å²) in [6, 6.07) is 9.40. The summed E-state index contributed by atoms with van der Waals surface area (Å²) in [5.74, 6) is -0.401. The summed E-state index contributed by atoms with van der Waals surface area (Å²) in [6.45, 7) is 0. The van der Waals surface area contributed by atoms with Crippen LogP contribution in [0.5, 0.6) is 0 Å². The number of hydrogen-bond acceptors (Lipinski definition) is 1. The highest BCUT2D eigenvalue weighted by Crippen LogP contribution is 2.44. The highest BCUT2D eigenvalue weighted by Gasteiger charge is 2.43. The molecule has 2 N–H and O–H groups in total. The predicted octanol–water partition coefficient (Wildman–Crippen LogP) is 3.99. The van der Waals surface area contributed by atoms with Crippen molar-refractivity contribution < 1.29 is 17.6 Å². The summed E-state index contributed by atoms with van der Waals surface area (Å²) < 4.78 is 52.9. The zero-order valence-corrected chi connectivity index (χ0v) is 11.0. The summed E-state index contributed by atoms with van der Waals surface area (Å²) in [5.41, 5.74) is 5.65. The standard InChI is InChI=1S/C16H13F4N/c17-11-5-6-12-10(9-11)7-8-15(12,21)13-3-1-2-4-14(13)16(18,19)20/h1-6,9H,7-8,21H2. The van der Waals surface area contributed by atoms with Gasteiger partial charge in [-0.3, -0.25) is 0 Å². The van der Waals surface area contributed by atoms with Crippen LogP contribution >= 0.6 is 0 Å². The lowest BCUT2D eigenvalue weighted by molar-refractivity contribution is -0.138. The molecule has 110 valence electrons. The zero-order valence-electron chi connectivity index (χ0n) is 11.0. The Morgan fingerprint density at radius 3 is 2.43 bits per heavy atom. The summed E-state index contributed by atoms with van der Waals surface area (Å²) in [6.07, 6.45) is -3.67. The summed E-state index contributed by atoms with van der Waals surface area (Å²) in [5, 5.41) is 0. The molecule has 2 aromatic rings. The monoisotopic (exact) mass is 295 g/mol. The first-order valence-corrected chi connectivity index (χ1v) is 6.57. The van der Waals surface area contributed by atoms with E-state index in [9.17, 15) is 17.6 Å². The third kappa shape index (κ3) is 2.21. The van der Waals surface area contributed by atoms with Crippen LogP contribution in [0.4, 0.5) is 17.6 Å². The van der Waals surface area contributed by atoms with Gasteiger partial charge in [-0.15, -0.1) is 0 Å². The van der Waals surface area contributed by atoms with Gasteiger partial charge in [0.2, 0.25) is 0 Å². The van der Waals surface area contributed by atoms with E-state index in [4.69, 9.17) is 5.73 Å². The number of alkyl halides is 3. The Kier molecular flexibility index (Phi) is 3.06. The zero-order chi connectivity index (χ0) is 15.3. The van der Waals surface area contributed by atoms with E-state index in [-0.39, 0.29) is 5.56 Å². The Balaban J connectivity index is 2.19. The Hall–Kier alpha value is -1.88. The fraction of sp³-hybridized carbons (Fsp3) is 0.250. The molecule has 0 bridgehead atoms. The second-order valence-corrected chi connectivity index (χ2v) is 5.32. The Morgan fingerprint density at radius 2 is 1.71 bits per heavy atom. The fourth-order valence-corrected chi connectivity index (χ4v) is 3.07. The third-order valence-corrected chi connectivity index (χ3v) is 4.05. The third-order valence-electron chi connectivity index (χ3n) is 4.05. The van der Waals surface area contributed by atoms with E-state index in [1.165, 1.54) is 30.3 Å². The highest BCUT2D eigenvalue weighted by molar-refractivity contribution is 5.50. The molecule has 0 saturated heterocycles. The molecular weight excluding hydrogens is 282 g/mol. The average molecular weight is 295 g/mol. The second kappa shape index (κ2) is 4.56. The van der Waals surface area contributed by atoms with Crippen molar-refractivity contribution >= 4 is 0 Å². The molecule has 0 fully saturated rings. The van der Waals surface area contributed by atoms with Crippen LogP contribution < -0.4 is 5.73 Å². The Labute approximate surface area is 119 Å². The van der Waals surface area contributed by atoms with Gasteiger partial charge in [-0.1, -0.05) is 24.3 Å². The number of rotatable bonds is 1. The van der Waals surface area contributed by atoms with E-state index in [0.29, 0.717) is 24.0 Å². The molecule has 0 spiro atoms. The lowest BCUT2D eigenvalue weighted by Crippen LogP contribution is -2.37. The quantitative estimate of drug-likeness (QED) is 0.791. The molecule has 1 aliphatic rings. The van der Waals surface area contributed by atoms with Crippen LogP contribution in [0.15, 0.2) is 42.5 Å². The van der Waals surface area contributed by atoms with Crippen LogP contribution in [0, 0.1) is 5.82 Å². The van der Waals surface area contributed by atoms with E-state index < -0.39 is 23.1 Å². The van der Waals surface area contributed by atoms with Gasteiger partial charge in [-0.05, 0) is 47.7 Å². The maximum atomic E-state index is 13.3. The minimum Gasteiger partial charge on any atom is -0.318 e. The second-order valence-electron chi connectivity index (χ2n) is 5.32. The van der Waals surface area contributed by atoms with E-state index >= 15 is 0 Å². The van der Waals surface area contributed by atoms with Crippen molar-refractivity contribution in [1.29, 1.82) is 0 Å². The maximum Gasteiger partial charge on any atom is 0.416 e. The minimum absolute atomic E-state index is 0.0443. The van der Waals surface area contributed by atoms with Gasteiger partial charge >= 0.3 is 6.18 Å². The molecule has 0 radical (unpaired) electrons. The van der Waals surface area contributed by atoms with E-state index in [1.54, 1.807) is 6.07 Å². The first-order chi connectivity index (χ1) is 9.82. The Morgan fingerprint density at radius 1 is 1.00 bits per heavy atom. The van der Waals surface area contributed by atoms with Gasteiger partial charge < -0.3 is 5.73 Å². The maximum absolute atomic E-state index is 13.3. The number of halogens is 4. The number of fused-ring (bicyclic) bond motifs is 1. The van der Waals surface area contributed by atoms with Crippen molar-refractivity contribution in [2.24, 2.45) is 5.73 Å². The first-order valence-electron chi connectivity index (χ1n) is 6.57. The number of hydrogen-bond donors (Lipinski definition) is 1. The molecule has 2 aromatic carbocycles. The van der Waals surface area contributed by atoms with Crippen LogP contribution in [-0.2, 0) is 18.1 Å². The van der Waals surface area contributed by atoms with Crippen LogP contribution in [0.2, 0.25) is 0 Å². The molecule has 1 aliphatic carbocycles. The molecular formula is C16H13F4N. The lowest BCUT2D eigenvalue weighted by atomic mass is 9.82. The fourth-order valence-electron chi connectivity index (χ4n) is 3.07. The minimum atomic E-state index is -4.47. The predicted molar refractivity (Wildman–Crippen MR) is 71.1 cm³/mol. The normalized spacial score (nSPS) is 21.4. The molecule has 1 atom stereocenters. The van der Waals surface area contributed by atoms with Gasteiger partial charge in [-0.2, -0.15) is 13.2 Å². The van der Waals surface area contributed by atoms with Gasteiger partial charge in [-0.25, -0.2) is 4.39 Å². The van der Waals surface area contributed by atoms with E-state index in [1.807, 2.05) is 0 Å². The van der Waals surface area contributed by atoms with Crippen molar-refractivity contribution in [3.63, 3.8) is 0 Å². The van der Waals surface area contributed by atoms with Gasteiger partial charge in [0, 0.05) is 0 Å². The van der Waals surface area contributed by atoms with Gasteiger partial charge in [0.25, 0.3) is 0 Å². The van der Waals surface area contributed by atoms with Crippen molar-refractivity contribution in [3.05, 3.63) is 70.5 Å². The topological polar surface area (TPSA) is 26.0 Å². The van der Waals surface area contributed by atoms with E-state index in [2.05, 4.69) is 0 Å². The molecule has 1 nitrogen and oxygen atoms in total. The van der Waals surface area contributed by atoms with Gasteiger partial charge in [0.1, 0.15) is 5.82 Å². The van der Waals surface area contributed by atoms with Crippen LogP contribution in [0.3, 0.4) is 0 Å². The number of nitrogens with two attached hydrogens (primary N) is 1. The molecule has 0 saturated carbocycles. The molecule has 5 heteroatoms. The largest absolute Gasteiger partial charge is 0.416 e. The van der Waals surface area contributed by atoms with Gasteiger partial charge in [0.05, 0.1) is 11.1 Å². The molecule has 21 heavy (non-hydrogen) atoms. The van der Waals surface area contributed by atoms with Gasteiger partial charge in [0.15, 0.2) is 0 Å². The lowest BCUT2D eigenvalue weighted by Gasteiger charge is -2.29. The van der Waals surface area contributed by atoms with Crippen molar-refractivity contribution in [1.82, 2.24) is 0 Å². The van der Waals surface area contributed by atoms with Crippen molar-refractivity contribution in [2.75, 3.05) is 0 Å².